The molecule has 0 unspecified atom stereocenters. The van der Waals surface area contributed by atoms with Crippen molar-refractivity contribution in [2.75, 3.05) is 19.0 Å². The van der Waals surface area contributed by atoms with Gasteiger partial charge in [0, 0.05) is 11.3 Å². The largest absolute Gasteiger partial charge is 0.493 e. The molecule has 0 aromatic heterocycles. The summed E-state index contributed by atoms with van der Waals surface area (Å²) >= 11 is 0. The van der Waals surface area contributed by atoms with Crippen molar-refractivity contribution in [3.05, 3.63) is 53.1 Å². The van der Waals surface area contributed by atoms with Crippen molar-refractivity contribution >= 4 is 11.6 Å². The molecular weight excluding hydrogens is 326 g/mol. The highest BCUT2D eigenvalue weighted by Crippen LogP contribution is 2.30. The Bertz CT molecular complexity index is 753. The number of rotatable bonds is 8. The van der Waals surface area contributed by atoms with Crippen LogP contribution in [0.25, 0.3) is 0 Å². The number of ether oxygens (including phenoxy) is 2. The van der Waals surface area contributed by atoms with Crippen LogP contribution in [-0.2, 0) is 0 Å². The van der Waals surface area contributed by atoms with Gasteiger partial charge in [0.1, 0.15) is 0 Å². The smallest absolute Gasteiger partial charge is 0.255 e. The summed E-state index contributed by atoms with van der Waals surface area (Å²) in [5, 5.41) is 3.06. The second-order valence-corrected chi connectivity index (χ2v) is 6.72. The van der Waals surface area contributed by atoms with Gasteiger partial charge in [-0.3, -0.25) is 4.79 Å². The highest BCUT2D eigenvalue weighted by atomic mass is 16.5. The number of unbranched alkanes of at least 4 members (excludes halogenated alkanes) is 1. The van der Waals surface area contributed by atoms with E-state index in [4.69, 9.17) is 9.47 Å². The number of nitrogens with one attached hydrogen (secondary N) is 1. The number of benzene rings is 2. The van der Waals surface area contributed by atoms with Gasteiger partial charge in [0.15, 0.2) is 11.5 Å². The zero-order chi connectivity index (χ0) is 19.1. The van der Waals surface area contributed by atoms with E-state index < -0.39 is 0 Å². The Hall–Kier alpha value is -2.49. The fourth-order valence-corrected chi connectivity index (χ4v) is 2.78. The molecule has 2 rings (SSSR count). The molecular formula is C22H29NO3. The summed E-state index contributed by atoms with van der Waals surface area (Å²) in [6.07, 6.45) is 2.05. The quantitative estimate of drug-likeness (QED) is 0.631. The van der Waals surface area contributed by atoms with Gasteiger partial charge in [0.05, 0.1) is 13.7 Å². The van der Waals surface area contributed by atoms with Gasteiger partial charge in [-0.1, -0.05) is 45.4 Å². The summed E-state index contributed by atoms with van der Waals surface area (Å²) in [4.78, 5) is 12.8. The molecule has 0 atom stereocenters. The molecule has 140 valence electrons. The van der Waals surface area contributed by atoms with Crippen LogP contribution in [0.5, 0.6) is 11.5 Å². The minimum atomic E-state index is -0.153. The summed E-state index contributed by atoms with van der Waals surface area (Å²) < 4.78 is 11.1. The molecule has 1 amide bonds. The number of carbonyl (C=O) groups is 1. The van der Waals surface area contributed by atoms with Gasteiger partial charge in [-0.25, -0.2) is 0 Å². The van der Waals surface area contributed by atoms with Crippen LogP contribution < -0.4 is 14.8 Å². The first-order valence-electron chi connectivity index (χ1n) is 9.19. The minimum absolute atomic E-state index is 0.153. The van der Waals surface area contributed by atoms with Crippen molar-refractivity contribution in [1.29, 1.82) is 0 Å². The van der Waals surface area contributed by atoms with E-state index in [1.807, 2.05) is 19.1 Å². The molecule has 0 saturated carbocycles. The zero-order valence-corrected chi connectivity index (χ0v) is 16.4. The van der Waals surface area contributed by atoms with Crippen LogP contribution >= 0.6 is 0 Å². The van der Waals surface area contributed by atoms with Gasteiger partial charge in [0.2, 0.25) is 0 Å². The summed E-state index contributed by atoms with van der Waals surface area (Å²) in [6, 6.07) is 11.4. The summed E-state index contributed by atoms with van der Waals surface area (Å²) in [6.45, 7) is 9.00. The monoisotopic (exact) mass is 355 g/mol. The Labute approximate surface area is 156 Å². The molecule has 0 aliphatic rings. The Morgan fingerprint density at radius 3 is 2.58 bits per heavy atom. The van der Waals surface area contributed by atoms with Crippen LogP contribution in [0.3, 0.4) is 0 Å². The molecule has 2 aromatic rings. The van der Waals surface area contributed by atoms with Crippen LogP contribution in [0.4, 0.5) is 5.69 Å². The predicted octanol–water partition coefficient (Wildman–Crippen LogP) is 5.56. The Morgan fingerprint density at radius 1 is 1.15 bits per heavy atom. The van der Waals surface area contributed by atoms with Crippen molar-refractivity contribution in [3.63, 3.8) is 0 Å². The molecule has 0 radical (unpaired) electrons. The normalized spacial score (nSPS) is 10.7. The molecule has 1 N–H and O–H groups in total. The molecule has 26 heavy (non-hydrogen) atoms. The third kappa shape index (κ3) is 4.78. The molecule has 4 heteroatoms. The van der Waals surface area contributed by atoms with E-state index in [1.54, 1.807) is 25.3 Å². The van der Waals surface area contributed by atoms with Crippen molar-refractivity contribution < 1.29 is 14.3 Å². The lowest BCUT2D eigenvalue weighted by Crippen LogP contribution is -2.15. The van der Waals surface area contributed by atoms with E-state index in [0.717, 1.165) is 29.7 Å². The van der Waals surface area contributed by atoms with Gasteiger partial charge in [-0.2, -0.15) is 0 Å². The van der Waals surface area contributed by atoms with Gasteiger partial charge >= 0.3 is 0 Å². The third-order valence-corrected chi connectivity index (χ3v) is 4.35. The first kappa shape index (κ1) is 19.8. The second kappa shape index (κ2) is 9.27. The Morgan fingerprint density at radius 2 is 1.92 bits per heavy atom. The van der Waals surface area contributed by atoms with Crippen LogP contribution in [0.1, 0.15) is 61.0 Å². The van der Waals surface area contributed by atoms with Gasteiger partial charge in [0.25, 0.3) is 5.91 Å². The maximum Gasteiger partial charge on any atom is 0.255 e. The highest BCUT2D eigenvalue weighted by molar-refractivity contribution is 6.05. The maximum absolute atomic E-state index is 12.8. The summed E-state index contributed by atoms with van der Waals surface area (Å²) in [5.74, 6) is 1.41. The SMILES string of the molecule is CCCCOc1ccc(C(=O)Nc2c(C)cccc2C(C)C)cc1OC. The van der Waals surface area contributed by atoms with Crippen LogP contribution in [0.15, 0.2) is 36.4 Å². The first-order chi connectivity index (χ1) is 12.5. The maximum atomic E-state index is 12.8. The lowest BCUT2D eigenvalue weighted by Gasteiger charge is -2.17. The molecule has 0 heterocycles. The van der Waals surface area contributed by atoms with Gasteiger partial charge in [-0.05, 0) is 48.6 Å². The van der Waals surface area contributed by atoms with E-state index in [-0.39, 0.29) is 5.91 Å². The standard InChI is InChI=1S/C22H29NO3/c1-6-7-13-26-19-12-11-17(14-20(19)25-5)22(24)23-21-16(4)9-8-10-18(21)15(2)3/h8-12,14-15H,6-7,13H2,1-5H3,(H,23,24). The van der Waals surface area contributed by atoms with E-state index in [0.29, 0.717) is 29.6 Å². The number of hydrogen-bond acceptors (Lipinski definition) is 3. The molecule has 2 aromatic carbocycles. The number of anilines is 1. The van der Waals surface area contributed by atoms with Gasteiger partial charge < -0.3 is 14.8 Å². The molecule has 0 saturated heterocycles. The molecule has 0 bridgehead atoms. The van der Waals surface area contributed by atoms with Crippen molar-refractivity contribution in [2.45, 2.75) is 46.5 Å². The first-order valence-corrected chi connectivity index (χ1v) is 9.19. The molecule has 0 aliphatic carbocycles. The number of methoxy groups -OCH3 is 1. The number of para-hydroxylation sites is 1. The predicted molar refractivity (Wildman–Crippen MR) is 107 cm³/mol. The van der Waals surface area contributed by atoms with Crippen LogP contribution in [0.2, 0.25) is 0 Å². The van der Waals surface area contributed by atoms with E-state index in [9.17, 15) is 4.79 Å². The average molecular weight is 355 g/mol. The summed E-state index contributed by atoms with van der Waals surface area (Å²) in [5.41, 5.74) is 3.61. The number of hydrogen-bond donors (Lipinski definition) is 1. The van der Waals surface area contributed by atoms with Crippen LogP contribution in [-0.4, -0.2) is 19.6 Å². The van der Waals surface area contributed by atoms with Crippen LogP contribution in [0, 0.1) is 6.92 Å². The number of carbonyl (C=O) groups excluding carboxylic acids is 1. The van der Waals surface area contributed by atoms with Crippen molar-refractivity contribution in [1.82, 2.24) is 0 Å². The fraction of sp³-hybridized carbons (Fsp3) is 0.409. The van der Waals surface area contributed by atoms with Gasteiger partial charge in [-0.15, -0.1) is 0 Å². The number of amides is 1. The minimum Gasteiger partial charge on any atom is -0.493 e. The Kier molecular flexibility index (Phi) is 7.07. The van der Waals surface area contributed by atoms with E-state index in [2.05, 4.69) is 32.2 Å². The summed E-state index contributed by atoms with van der Waals surface area (Å²) in [7, 11) is 1.59. The lowest BCUT2D eigenvalue weighted by atomic mass is 9.98. The fourth-order valence-electron chi connectivity index (χ4n) is 2.78. The third-order valence-electron chi connectivity index (χ3n) is 4.35. The lowest BCUT2D eigenvalue weighted by molar-refractivity contribution is 0.102. The molecule has 0 spiro atoms. The molecule has 0 aliphatic heterocycles. The Balaban J connectivity index is 2.23. The van der Waals surface area contributed by atoms with E-state index in [1.165, 1.54) is 0 Å². The topological polar surface area (TPSA) is 47.6 Å². The van der Waals surface area contributed by atoms with Crippen molar-refractivity contribution in [3.8, 4) is 11.5 Å². The second-order valence-electron chi connectivity index (χ2n) is 6.72. The highest BCUT2D eigenvalue weighted by Gasteiger charge is 2.15. The van der Waals surface area contributed by atoms with E-state index >= 15 is 0 Å². The molecule has 4 nitrogen and oxygen atoms in total. The van der Waals surface area contributed by atoms with Crippen molar-refractivity contribution in [2.24, 2.45) is 0 Å². The average Bonchev–Trinajstić information content (AvgIpc) is 2.63. The zero-order valence-electron chi connectivity index (χ0n) is 16.4. The number of aryl methyl sites for hydroxylation is 1. The molecule has 0 fully saturated rings.